The van der Waals surface area contributed by atoms with Crippen molar-refractivity contribution in [3.63, 3.8) is 0 Å². The summed E-state index contributed by atoms with van der Waals surface area (Å²) in [5.41, 5.74) is 0. The van der Waals surface area contributed by atoms with Crippen molar-refractivity contribution in [2.75, 3.05) is 13.1 Å². The van der Waals surface area contributed by atoms with Gasteiger partial charge in [-0.3, -0.25) is 0 Å². The van der Waals surface area contributed by atoms with E-state index in [2.05, 4.69) is 23.9 Å². The number of hydrogen-bond acceptors (Lipinski definition) is 4. The minimum Gasteiger partial charge on any atom is -0.447 e. The summed E-state index contributed by atoms with van der Waals surface area (Å²) in [4.78, 5) is 0. The lowest BCUT2D eigenvalue weighted by Crippen LogP contribution is -2.30. The van der Waals surface area contributed by atoms with Crippen LogP contribution in [0.15, 0.2) is 21.6 Å². The molecule has 0 amide bonds. The molecule has 2 rings (SSSR count). The lowest BCUT2D eigenvalue weighted by Gasteiger charge is -2.15. The van der Waals surface area contributed by atoms with Gasteiger partial charge in [0, 0.05) is 6.54 Å². The Morgan fingerprint density at radius 2 is 2.14 bits per heavy atom. The monoisotopic (exact) mass is 314 g/mol. The minimum atomic E-state index is -3.53. The van der Waals surface area contributed by atoms with Crippen LogP contribution in [0.4, 0.5) is 0 Å². The van der Waals surface area contributed by atoms with Crippen LogP contribution in [0.1, 0.15) is 45.3 Å². The van der Waals surface area contributed by atoms with Crippen LogP contribution < -0.4 is 10.0 Å². The number of rotatable bonds is 8. The first kappa shape index (κ1) is 16.5. The van der Waals surface area contributed by atoms with Gasteiger partial charge in [0.1, 0.15) is 5.76 Å². The molecule has 1 heterocycles. The molecular formula is C15H26N2O3S. The standard InChI is InChI=1S/C15H26N2O3S/c1-3-9-16-11-14-7-8-15(20-14)21(18,19)17-10-13-6-4-5-12(13)2/h7-8,12-13,16-17H,3-6,9-11H2,1-2H3. The molecule has 0 spiro atoms. The molecular weight excluding hydrogens is 288 g/mol. The first-order valence-corrected chi connectivity index (χ1v) is 9.30. The van der Waals surface area contributed by atoms with Gasteiger partial charge < -0.3 is 9.73 Å². The Morgan fingerprint density at radius 3 is 2.81 bits per heavy atom. The van der Waals surface area contributed by atoms with Gasteiger partial charge in [0.15, 0.2) is 0 Å². The molecule has 0 bridgehead atoms. The van der Waals surface area contributed by atoms with Crippen LogP contribution in [-0.2, 0) is 16.6 Å². The minimum absolute atomic E-state index is 0.0152. The highest BCUT2D eigenvalue weighted by Gasteiger charge is 2.26. The summed E-state index contributed by atoms with van der Waals surface area (Å²) < 4.78 is 32.5. The third-order valence-electron chi connectivity index (χ3n) is 4.20. The van der Waals surface area contributed by atoms with Crippen molar-refractivity contribution in [3.05, 3.63) is 17.9 Å². The van der Waals surface area contributed by atoms with Crippen molar-refractivity contribution < 1.29 is 12.8 Å². The normalized spacial score (nSPS) is 22.8. The average Bonchev–Trinajstić information content (AvgIpc) is 3.06. The smallest absolute Gasteiger partial charge is 0.273 e. The predicted octanol–water partition coefficient (Wildman–Crippen LogP) is 2.49. The van der Waals surface area contributed by atoms with Crippen molar-refractivity contribution in [1.29, 1.82) is 0 Å². The molecule has 1 aliphatic carbocycles. The molecule has 1 aromatic rings. The Bertz CT molecular complexity index is 539. The van der Waals surface area contributed by atoms with E-state index in [0.29, 0.717) is 30.7 Å². The molecule has 1 aliphatic rings. The van der Waals surface area contributed by atoms with Crippen LogP contribution in [0.25, 0.3) is 0 Å². The highest BCUT2D eigenvalue weighted by atomic mass is 32.2. The molecule has 2 atom stereocenters. The SMILES string of the molecule is CCCNCc1ccc(S(=O)(=O)NCC2CCCC2C)o1. The van der Waals surface area contributed by atoms with Crippen LogP contribution >= 0.6 is 0 Å². The number of hydrogen-bond donors (Lipinski definition) is 2. The molecule has 0 saturated heterocycles. The van der Waals surface area contributed by atoms with Crippen molar-refractivity contribution >= 4 is 10.0 Å². The number of sulfonamides is 1. The maximum absolute atomic E-state index is 12.2. The molecule has 6 heteroatoms. The topological polar surface area (TPSA) is 71.3 Å². The number of nitrogens with one attached hydrogen (secondary N) is 2. The maximum atomic E-state index is 12.2. The molecule has 1 fully saturated rings. The molecule has 1 saturated carbocycles. The lowest BCUT2D eigenvalue weighted by molar-refractivity contribution is 0.389. The summed E-state index contributed by atoms with van der Waals surface area (Å²) in [6.45, 7) is 6.23. The van der Waals surface area contributed by atoms with Gasteiger partial charge in [0.25, 0.3) is 10.0 Å². The van der Waals surface area contributed by atoms with Crippen molar-refractivity contribution in [2.45, 2.75) is 51.2 Å². The molecule has 0 aromatic carbocycles. The Hall–Kier alpha value is -0.850. The second-order valence-corrected chi connectivity index (χ2v) is 7.62. The third-order valence-corrected chi connectivity index (χ3v) is 5.50. The summed E-state index contributed by atoms with van der Waals surface area (Å²) >= 11 is 0. The zero-order chi connectivity index (χ0) is 15.3. The van der Waals surface area contributed by atoms with Crippen molar-refractivity contribution in [3.8, 4) is 0 Å². The second kappa shape index (κ2) is 7.42. The van der Waals surface area contributed by atoms with Gasteiger partial charge in [-0.25, -0.2) is 13.1 Å². The first-order valence-electron chi connectivity index (χ1n) is 7.82. The zero-order valence-electron chi connectivity index (χ0n) is 12.9. The van der Waals surface area contributed by atoms with E-state index in [1.807, 2.05) is 0 Å². The van der Waals surface area contributed by atoms with E-state index in [-0.39, 0.29) is 5.09 Å². The molecule has 1 aromatic heterocycles. The molecule has 21 heavy (non-hydrogen) atoms. The Balaban J connectivity index is 1.89. The van der Waals surface area contributed by atoms with Gasteiger partial charge in [-0.1, -0.05) is 26.7 Å². The van der Waals surface area contributed by atoms with Crippen LogP contribution in [0, 0.1) is 11.8 Å². The van der Waals surface area contributed by atoms with E-state index < -0.39 is 10.0 Å². The molecule has 0 aliphatic heterocycles. The Kier molecular flexibility index (Phi) is 5.84. The highest BCUT2D eigenvalue weighted by molar-refractivity contribution is 7.89. The van der Waals surface area contributed by atoms with Gasteiger partial charge in [0.05, 0.1) is 6.54 Å². The first-order chi connectivity index (χ1) is 10.0. The van der Waals surface area contributed by atoms with Crippen LogP contribution in [0.5, 0.6) is 0 Å². The predicted molar refractivity (Wildman–Crippen MR) is 82.4 cm³/mol. The summed E-state index contributed by atoms with van der Waals surface area (Å²) in [5, 5.41) is 3.20. The Morgan fingerprint density at radius 1 is 1.33 bits per heavy atom. The quantitative estimate of drug-likeness (QED) is 0.723. The van der Waals surface area contributed by atoms with E-state index in [1.54, 1.807) is 6.07 Å². The van der Waals surface area contributed by atoms with E-state index in [1.165, 1.54) is 18.9 Å². The second-order valence-electron chi connectivity index (χ2n) is 5.92. The molecule has 0 radical (unpaired) electrons. The lowest BCUT2D eigenvalue weighted by atomic mass is 9.99. The summed E-state index contributed by atoms with van der Waals surface area (Å²) in [6, 6.07) is 3.25. The molecule has 2 unspecified atom stereocenters. The average molecular weight is 314 g/mol. The van der Waals surface area contributed by atoms with Crippen LogP contribution in [-0.4, -0.2) is 21.5 Å². The van der Waals surface area contributed by atoms with Crippen LogP contribution in [0.3, 0.4) is 0 Å². The zero-order valence-corrected chi connectivity index (χ0v) is 13.7. The number of furan rings is 1. The van der Waals surface area contributed by atoms with Crippen molar-refractivity contribution in [2.24, 2.45) is 11.8 Å². The maximum Gasteiger partial charge on any atom is 0.273 e. The van der Waals surface area contributed by atoms with Crippen molar-refractivity contribution in [1.82, 2.24) is 10.0 Å². The van der Waals surface area contributed by atoms with Gasteiger partial charge in [0.2, 0.25) is 5.09 Å². The summed E-state index contributed by atoms with van der Waals surface area (Å²) in [5.74, 6) is 1.69. The van der Waals surface area contributed by atoms with Gasteiger partial charge in [-0.05, 0) is 43.4 Å². The molecule has 120 valence electrons. The van der Waals surface area contributed by atoms with E-state index >= 15 is 0 Å². The molecule has 2 N–H and O–H groups in total. The van der Waals surface area contributed by atoms with E-state index in [0.717, 1.165) is 19.4 Å². The highest BCUT2D eigenvalue weighted by Crippen LogP contribution is 2.30. The Labute approximate surface area is 127 Å². The fourth-order valence-electron chi connectivity index (χ4n) is 2.80. The summed E-state index contributed by atoms with van der Waals surface area (Å²) in [7, 11) is -3.53. The van der Waals surface area contributed by atoms with E-state index in [9.17, 15) is 8.42 Å². The fourth-order valence-corrected chi connectivity index (χ4v) is 3.84. The van der Waals surface area contributed by atoms with Gasteiger partial charge in [-0.15, -0.1) is 0 Å². The van der Waals surface area contributed by atoms with Crippen LogP contribution in [0.2, 0.25) is 0 Å². The molecule has 5 nitrogen and oxygen atoms in total. The van der Waals surface area contributed by atoms with Gasteiger partial charge >= 0.3 is 0 Å². The van der Waals surface area contributed by atoms with Gasteiger partial charge in [-0.2, -0.15) is 0 Å². The fraction of sp³-hybridized carbons (Fsp3) is 0.733. The largest absolute Gasteiger partial charge is 0.447 e. The van der Waals surface area contributed by atoms with E-state index in [4.69, 9.17) is 4.42 Å². The summed E-state index contributed by atoms with van der Waals surface area (Å²) in [6.07, 6.45) is 4.53. The third kappa shape index (κ3) is 4.56.